The Kier molecular flexibility index (Phi) is 6.27. The lowest BCUT2D eigenvalue weighted by molar-refractivity contribution is -0.117. The number of fused-ring (bicyclic) bond motifs is 1. The van der Waals surface area contributed by atoms with Crippen LogP contribution < -0.4 is 25.1 Å². The molecular weight excluding hydrogens is 444 g/mol. The third-order valence-corrected chi connectivity index (χ3v) is 5.92. The maximum atomic E-state index is 13.1. The number of hydrogen-bond acceptors (Lipinski definition) is 8. The van der Waals surface area contributed by atoms with Gasteiger partial charge in [-0.15, -0.1) is 11.3 Å². The van der Waals surface area contributed by atoms with Crippen LogP contribution in [0.3, 0.4) is 0 Å². The van der Waals surface area contributed by atoms with Gasteiger partial charge in [0.15, 0.2) is 17.0 Å². The maximum Gasteiger partial charge on any atom is 0.294 e. The lowest BCUT2D eigenvalue weighted by Crippen LogP contribution is -2.30. The Morgan fingerprint density at radius 3 is 2.48 bits per heavy atom. The molecule has 10 heteroatoms. The number of aromatic nitrogens is 3. The largest absolute Gasteiger partial charge is 0.495 e. The van der Waals surface area contributed by atoms with Gasteiger partial charge in [-0.2, -0.15) is 5.10 Å². The highest BCUT2D eigenvalue weighted by Gasteiger charge is 2.19. The summed E-state index contributed by atoms with van der Waals surface area (Å²) in [6, 6.07) is 12.4. The third-order valence-electron chi connectivity index (χ3n) is 4.94. The summed E-state index contributed by atoms with van der Waals surface area (Å²) >= 11 is 1.37. The predicted molar refractivity (Wildman–Crippen MR) is 127 cm³/mol. The van der Waals surface area contributed by atoms with Crippen LogP contribution >= 0.6 is 11.3 Å². The number of methoxy groups -OCH3 is 3. The molecule has 0 saturated heterocycles. The Morgan fingerprint density at radius 1 is 1.03 bits per heavy atom. The third kappa shape index (κ3) is 4.37. The molecule has 33 heavy (non-hydrogen) atoms. The van der Waals surface area contributed by atoms with E-state index in [4.69, 9.17) is 14.2 Å². The number of para-hydroxylation sites is 2. The van der Waals surface area contributed by atoms with Gasteiger partial charge in [0.1, 0.15) is 18.0 Å². The standard InChI is InChI=1S/C23H22N4O5S/c1-13-24-21-22(33-13)20(14-9-10-17(31-3)18(11-14)32-4)26-27(23(21)29)12-19(28)25-15-7-5-6-8-16(15)30-2/h5-11H,12H2,1-4H3,(H,25,28). The normalized spacial score (nSPS) is 10.8. The van der Waals surface area contributed by atoms with E-state index in [-0.39, 0.29) is 12.1 Å². The van der Waals surface area contributed by atoms with Crippen molar-refractivity contribution in [3.63, 3.8) is 0 Å². The number of carbonyl (C=O) groups is 1. The molecule has 2 aromatic heterocycles. The summed E-state index contributed by atoms with van der Waals surface area (Å²) in [5, 5.41) is 8.01. The lowest BCUT2D eigenvalue weighted by Gasteiger charge is -2.12. The van der Waals surface area contributed by atoms with E-state index in [0.717, 1.165) is 9.69 Å². The highest BCUT2D eigenvalue weighted by Crippen LogP contribution is 2.35. The molecule has 4 rings (SSSR count). The number of benzene rings is 2. The molecule has 9 nitrogen and oxygen atoms in total. The van der Waals surface area contributed by atoms with Gasteiger partial charge in [-0.1, -0.05) is 12.1 Å². The van der Waals surface area contributed by atoms with Gasteiger partial charge < -0.3 is 19.5 Å². The lowest BCUT2D eigenvalue weighted by atomic mass is 10.1. The summed E-state index contributed by atoms with van der Waals surface area (Å²) in [6.07, 6.45) is 0. The van der Waals surface area contributed by atoms with Crippen LogP contribution in [-0.2, 0) is 11.3 Å². The molecule has 0 atom stereocenters. The van der Waals surface area contributed by atoms with E-state index in [9.17, 15) is 9.59 Å². The molecule has 0 saturated carbocycles. The summed E-state index contributed by atoms with van der Waals surface area (Å²) in [5.74, 6) is 1.20. The molecule has 170 valence electrons. The highest BCUT2D eigenvalue weighted by atomic mass is 32.1. The van der Waals surface area contributed by atoms with E-state index in [1.54, 1.807) is 50.6 Å². The number of nitrogens with zero attached hydrogens (tertiary/aromatic N) is 3. The topological polar surface area (TPSA) is 105 Å². The average molecular weight is 467 g/mol. The van der Waals surface area contributed by atoms with Crippen molar-refractivity contribution in [2.75, 3.05) is 26.6 Å². The first-order valence-corrected chi connectivity index (χ1v) is 10.8. The van der Waals surface area contributed by atoms with E-state index in [1.807, 2.05) is 13.0 Å². The monoisotopic (exact) mass is 466 g/mol. The number of anilines is 1. The van der Waals surface area contributed by atoms with Gasteiger partial charge in [0.05, 0.1) is 36.7 Å². The van der Waals surface area contributed by atoms with E-state index < -0.39 is 11.5 Å². The number of ether oxygens (including phenoxy) is 3. The summed E-state index contributed by atoms with van der Waals surface area (Å²) < 4.78 is 17.8. The van der Waals surface area contributed by atoms with Crippen molar-refractivity contribution >= 4 is 33.1 Å². The van der Waals surface area contributed by atoms with Gasteiger partial charge in [-0.25, -0.2) is 9.67 Å². The van der Waals surface area contributed by atoms with Gasteiger partial charge >= 0.3 is 0 Å². The predicted octanol–water partition coefficient (Wildman–Crippen LogP) is 3.49. The fraction of sp³-hybridized carbons (Fsp3) is 0.217. The minimum absolute atomic E-state index is 0.266. The van der Waals surface area contributed by atoms with Crippen LogP contribution in [-0.4, -0.2) is 42.0 Å². The molecule has 0 unspecified atom stereocenters. The van der Waals surface area contributed by atoms with Crippen molar-refractivity contribution in [3.8, 4) is 28.5 Å². The van der Waals surface area contributed by atoms with Gasteiger partial charge in [0.25, 0.3) is 5.56 Å². The van der Waals surface area contributed by atoms with Crippen molar-refractivity contribution in [2.45, 2.75) is 13.5 Å². The van der Waals surface area contributed by atoms with Crippen LogP contribution in [0.15, 0.2) is 47.3 Å². The maximum absolute atomic E-state index is 13.1. The molecule has 4 aromatic rings. The Morgan fingerprint density at radius 2 is 1.76 bits per heavy atom. The summed E-state index contributed by atoms with van der Waals surface area (Å²) in [6.45, 7) is 1.53. The summed E-state index contributed by atoms with van der Waals surface area (Å²) in [7, 11) is 4.62. The van der Waals surface area contributed by atoms with Gasteiger partial charge in [-0.05, 0) is 37.3 Å². The first-order chi connectivity index (χ1) is 15.9. The van der Waals surface area contributed by atoms with Gasteiger partial charge in [0.2, 0.25) is 5.91 Å². The second-order valence-corrected chi connectivity index (χ2v) is 8.24. The zero-order valence-electron chi connectivity index (χ0n) is 18.5. The van der Waals surface area contributed by atoms with E-state index in [2.05, 4.69) is 15.4 Å². The molecule has 1 amide bonds. The van der Waals surface area contributed by atoms with Crippen LogP contribution in [0.25, 0.3) is 21.5 Å². The van der Waals surface area contributed by atoms with Crippen LogP contribution in [0.5, 0.6) is 17.2 Å². The van der Waals surface area contributed by atoms with Crippen molar-refractivity contribution < 1.29 is 19.0 Å². The molecule has 0 aliphatic carbocycles. The van der Waals surface area contributed by atoms with E-state index >= 15 is 0 Å². The fourth-order valence-corrected chi connectivity index (χ4v) is 4.34. The van der Waals surface area contributed by atoms with Crippen molar-refractivity contribution in [3.05, 3.63) is 57.8 Å². The minimum atomic E-state index is -0.436. The molecule has 0 spiro atoms. The van der Waals surface area contributed by atoms with Crippen LogP contribution in [0.4, 0.5) is 5.69 Å². The Hall–Kier alpha value is -3.92. The first-order valence-electron chi connectivity index (χ1n) is 9.98. The average Bonchev–Trinajstić information content (AvgIpc) is 3.22. The molecule has 1 N–H and O–H groups in total. The highest BCUT2D eigenvalue weighted by molar-refractivity contribution is 7.19. The van der Waals surface area contributed by atoms with E-state index in [1.165, 1.54) is 18.4 Å². The SMILES string of the molecule is COc1ccccc1NC(=O)Cn1nc(-c2ccc(OC)c(OC)c2)c2sc(C)nc2c1=O. The number of aryl methyl sites for hydroxylation is 1. The molecule has 0 radical (unpaired) electrons. The molecule has 0 aliphatic heterocycles. The Balaban J connectivity index is 1.76. The minimum Gasteiger partial charge on any atom is -0.495 e. The number of hydrogen-bond donors (Lipinski definition) is 1. The molecule has 2 heterocycles. The quantitative estimate of drug-likeness (QED) is 0.445. The molecule has 2 aromatic carbocycles. The molecule has 0 aliphatic rings. The van der Waals surface area contributed by atoms with E-state index in [0.29, 0.717) is 38.9 Å². The van der Waals surface area contributed by atoms with Crippen LogP contribution in [0.2, 0.25) is 0 Å². The second-order valence-electron chi connectivity index (χ2n) is 7.04. The van der Waals surface area contributed by atoms with Crippen molar-refractivity contribution in [2.24, 2.45) is 0 Å². The Bertz CT molecular complexity index is 1400. The Labute approximate surface area is 193 Å². The van der Waals surface area contributed by atoms with Crippen LogP contribution in [0.1, 0.15) is 5.01 Å². The summed E-state index contributed by atoms with van der Waals surface area (Å²) in [4.78, 5) is 30.2. The van der Waals surface area contributed by atoms with Gasteiger partial charge in [0, 0.05) is 5.56 Å². The summed E-state index contributed by atoms with van der Waals surface area (Å²) in [5.41, 5.74) is 1.57. The second kappa shape index (κ2) is 9.29. The number of nitrogens with one attached hydrogen (secondary N) is 1. The number of thiazole rings is 1. The van der Waals surface area contributed by atoms with Crippen LogP contribution in [0, 0.1) is 6.92 Å². The molecule has 0 fully saturated rings. The van der Waals surface area contributed by atoms with Gasteiger partial charge in [-0.3, -0.25) is 9.59 Å². The number of rotatable bonds is 7. The number of amides is 1. The zero-order valence-corrected chi connectivity index (χ0v) is 19.4. The fourth-order valence-electron chi connectivity index (χ4n) is 3.42. The zero-order chi connectivity index (χ0) is 23.5. The molecule has 0 bridgehead atoms. The van der Waals surface area contributed by atoms with Crippen molar-refractivity contribution in [1.29, 1.82) is 0 Å². The van der Waals surface area contributed by atoms with Crippen molar-refractivity contribution in [1.82, 2.24) is 14.8 Å². The smallest absolute Gasteiger partial charge is 0.294 e. The molecular formula is C23H22N4O5S. The number of carbonyl (C=O) groups excluding carboxylic acids is 1. The first kappa shape index (κ1) is 22.3.